The Kier molecular flexibility index (Phi) is 5.96. The molecule has 0 aliphatic carbocycles. The van der Waals surface area contributed by atoms with Crippen LogP contribution in [0.4, 0.5) is 10.6 Å². The van der Waals surface area contributed by atoms with Crippen molar-refractivity contribution in [3.8, 4) is 0 Å². The topological polar surface area (TPSA) is 91.8 Å². The molecule has 2 N–H and O–H groups in total. The average molecular weight is 319 g/mol. The molecule has 0 saturated carbocycles. The third kappa shape index (κ3) is 5.28. The number of carbonyl (C=O) groups is 2. The number of amides is 1. The second kappa shape index (κ2) is 8.17. The van der Waals surface area contributed by atoms with Crippen molar-refractivity contribution < 1.29 is 19.4 Å². The number of carbonyl (C=O) groups excluding carboxylic acids is 1. The van der Waals surface area contributed by atoms with Crippen LogP contribution in [0.3, 0.4) is 0 Å². The van der Waals surface area contributed by atoms with E-state index < -0.39 is 6.09 Å². The quantitative estimate of drug-likeness (QED) is 0.638. The average Bonchev–Trinajstić information content (AvgIpc) is 2.55. The van der Waals surface area contributed by atoms with Gasteiger partial charge in [-0.3, -0.25) is 0 Å². The van der Waals surface area contributed by atoms with E-state index in [-0.39, 0.29) is 12.0 Å². The number of anilines is 1. The second-order valence-corrected chi connectivity index (χ2v) is 5.25. The third-order valence-corrected chi connectivity index (χ3v) is 3.60. The highest BCUT2D eigenvalue weighted by Crippen LogP contribution is 2.16. The monoisotopic (exact) mass is 319 g/mol. The predicted molar refractivity (Wildman–Crippen MR) is 86.1 cm³/mol. The predicted octanol–water partition coefficient (Wildman–Crippen LogP) is 2.21. The van der Waals surface area contributed by atoms with E-state index in [4.69, 9.17) is 9.84 Å². The Morgan fingerprint density at radius 3 is 2.74 bits per heavy atom. The molecule has 1 aliphatic heterocycles. The van der Waals surface area contributed by atoms with Gasteiger partial charge in [0.25, 0.3) is 0 Å². The van der Waals surface area contributed by atoms with Gasteiger partial charge in [0.05, 0.1) is 6.61 Å². The molecule has 0 aromatic carbocycles. The maximum atomic E-state index is 11.2. The molecule has 124 valence electrons. The van der Waals surface area contributed by atoms with E-state index >= 15 is 0 Å². The van der Waals surface area contributed by atoms with Crippen molar-refractivity contribution in [2.24, 2.45) is 0 Å². The number of aromatic nitrogens is 1. The Labute approximate surface area is 135 Å². The first-order valence-corrected chi connectivity index (χ1v) is 7.63. The van der Waals surface area contributed by atoms with Crippen LogP contribution >= 0.6 is 0 Å². The Hall–Kier alpha value is -2.57. The van der Waals surface area contributed by atoms with E-state index in [1.807, 2.05) is 12.1 Å². The summed E-state index contributed by atoms with van der Waals surface area (Å²) < 4.78 is 4.81. The van der Waals surface area contributed by atoms with Crippen LogP contribution < -0.4 is 5.32 Å². The van der Waals surface area contributed by atoms with E-state index in [0.717, 1.165) is 24.2 Å². The van der Waals surface area contributed by atoms with Gasteiger partial charge in [-0.2, -0.15) is 0 Å². The molecule has 0 radical (unpaired) electrons. The van der Waals surface area contributed by atoms with Gasteiger partial charge in [0, 0.05) is 31.4 Å². The van der Waals surface area contributed by atoms with Crippen LogP contribution in [0.15, 0.2) is 24.4 Å². The number of pyridine rings is 1. The molecule has 0 spiro atoms. The Balaban J connectivity index is 1.84. The fourth-order valence-corrected chi connectivity index (χ4v) is 2.37. The summed E-state index contributed by atoms with van der Waals surface area (Å²) >= 11 is 0. The minimum absolute atomic E-state index is 0.221. The highest BCUT2D eigenvalue weighted by molar-refractivity contribution is 5.86. The van der Waals surface area contributed by atoms with Gasteiger partial charge in [-0.25, -0.2) is 14.6 Å². The van der Waals surface area contributed by atoms with Crippen LogP contribution in [-0.4, -0.2) is 52.8 Å². The molecule has 0 atom stereocenters. The summed E-state index contributed by atoms with van der Waals surface area (Å²) in [5.74, 6) is 0.368. The summed E-state index contributed by atoms with van der Waals surface area (Å²) in [4.78, 5) is 27.8. The largest absolute Gasteiger partial charge is 0.465 e. The lowest BCUT2D eigenvalue weighted by atomic mass is 10.1. The van der Waals surface area contributed by atoms with Crippen molar-refractivity contribution in [3.63, 3.8) is 0 Å². The molecule has 0 bridgehead atoms. The Morgan fingerprint density at radius 2 is 2.17 bits per heavy atom. The molecular weight excluding hydrogens is 298 g/mol. The van der Waals surface area contributed by atoms with Crippen LogP contribution in [0.5, 0.6) is 0 Å². The zero-order valence-electron chi connectivity index (χ0n) is 13.1. The van der Waals surface area contributed by atoms with E-state index in [9.17, 15) is 9.59 Å². The molecule has 1 saturated heterocycles. The van der Waals surface area contributed by atoms with Gasteiger partial charge in [-0.05, 0) is 43.5 Å². The summed E-state index contributed by atoms with van der Waals surface area (Å²) in [5.41, 5.74) is 0.810. The van der Waals surface area contributed by atoms with E-state index in [1.54, 1.807) is 19.2 Å². The first-order chi connectivity index (χ1) is 11.1. The van der Waals surface area contributed by atoms with Crippen molar-refractivity contribution in [3.05, 3.63) is 30.0 Å². The van der Waals surface area contributed by atoms with E-state index in [0.29, 0.717) is 19.7 Å². The molecule has 2 heterocycles. The normalized spacial score (nSPS) is 15.6. The lowest BCUT2D eigenvalue weighted by Crippen LogP contribution is -2.41. The number of carboxylic acid groups (broad SMARTS) is 1. The number of ether oxygens (including phenoxy) is 1. The number of nitrogens with zero attached hydrogens (tertiary/aromatic N) is 2. The number of piperidine rings is 1. The highest BCUT2D eigenvalue weighted by Gasteiger charge is 2.22. The Morgan fingerprint density at radius 1 is 1.43 bits per heavy atom. The summed E-state index contributed by atoms with van der Waals surface area (Å²) in [7, 11) is 0. The second-order valence-electron chi connectivity index (χ2n) is 5.25. The maximum absolute atomic E-state index is 11.2. The molecule has 23 heavy (non-hydrogen) atoms. The van der Waals surface area contributed by atoms with Crippen molar-refractivity contribution >= 4 is 24.0 Å². The van der Waals surface area contributed by atoms with Gasteiger partial charge in [0.15, 0.2) is 0 Å². The number of hydrogen-bond donors (Lipinski definition) is 2. The number of likely N-dealkylation sites (tertiary alicyclic amines) is 1. The van der Waals surface area contributed by atoms with Crippen LogP contribution in [-0.2, 0) is 9.53 Å². The minimum Gasteiger partial charge on any atom is -0.465 e. The molecule has 1 aromatic rings. The molecule has 1 amide bonds. The van der Waals surface area contributed by atoms with Crippen molar-refractivity contribution in [1.82, 2.24) is 9.88 Å². The van der Waals surface area contributed by atoms with Crippen LogP contribution in [0.1, 0.15) is 25.3 Å². The van der Waals surface area contributed by atoms with Gasteiger partial charge in [0.2, 0.25) is 0 Å². The molecule has 7 nitrogen and oxygen atoms in total. The fourth-order valence-electron chi connectivity index (χ4n) is 2.37. The minimum atomic E-state index is -0.862. The molecular formula is C16H21N3O4. The zero-order chi connectivity index (χ0) is 16.7. The summed E-state index contributed by atoms with van der Waals surface area (Å²) in [5, 5.41) is 12.2. The van der Waals surface area contributed by atoms with Crippen LogP contribution in [0.2, 0.25) is 0 Å². The summed E-state index contributed by atoms with van der Waals surface area (Å²) in [6.07, 6.45) is 5.36. The number of esters is 1. The van der Waals surface area contributed by atoms with E-state index in [2.05, 4.69) is 10.3 Å². The summed E-state index contributed by atoms with van der Waals surface area (Å²) in [6, 6.07) is 3.92. The first kappa shape index (κ1) is 16.8. The van der Waals surface area contributed by atoms with Crippen LogP contribution in [0, 0.1) is 0 Å². The van der Waals surface area contributed by atoms with Crippen LogP contribution in [0.25, 0.3) is 6.08 Å². The summed E-state index contributed by atoms with van der Waals surface area (Å²) in [6.45, 7) is 3.18. The van der Waals surface area contributed by atoms with Gasteiger partial charge in [-0.1, -0.05) is 0 Å². The van der Waals surface area contributed by atoms with E-state index in [1.165, 1.54) is 11.0 Å². The number of rotatable bonds is 5. The van der Waals surface area contributed by atoms with Gasteiger partial charge in [-0.15, -0.1) is 0 Å². The van der Waals surface area contributed by atoms with Gasteiger partial charge in [0.1, 0.15) is 5.82 Å². The van der Waals surface area contributed by atoms with Crippen molar-refractivity contribution in [2.45, 2.75) is 25.8 Å². The molecule has 0 unspecified atom stereocenters. The molecule has 1 fully saturated rings. The zero-order valence-corrected chi connectivity index (χ0v) is 13.1. The lowest BCUT2D eigenvalue weighted by molar-refractivity contribution is -0.137. The first-order valence-electron chi connectivity index (χ1n) is 7.63. The smallest absolute Gasteiger partial charge is 0.407 e. The standard InChI is InChI=1S/C16H21N3O4/c1-2-23-15(20)6-4-12-3-5-14(17-11-12)18-13-7-9-19(10-8-13)16(21)22/h3-6,11,13H,2,7-10H2,1H3,(H,17,18)(H,21,22)/b6-4+. The Bertz CT molecular complexity index is 563. The molecule has 1 aromatic heterocycles. The molecule has 1 aliphatic rings. The van der Waals surface area contributed by atoms with Crippen molar-refractivity contribution in [2.75, 3.05) is 25.0 Å². The lowest BCUT2D eigenvalue weighted by Gasteiger charge is -2.30. The van der Waals surface area contributed by atoms with Gasteiger partial charge >= 0.3 is 12.1 Å². The number of nitrogens with one attached hydrogen (secondary N) is 1. The fraction of sp³-hybridized carbons (Fsp3) is 0.438. The molecule has 2 rings (SSSR count). The van der Waals surface area contributed by atoms with Gasteiger partial charge < -0.3 is 20.1 Å². The maximum Gasteiger partial charge on any atom is 0.407 e. The van der Waals surface area contributed by atoms with Crippen molar-refractivity contribution in [1.29, 1.82) is 0 Å². The third-order valence-electron chi connectivity index (χ3n) is 3.60. The highest BCUT2D eigenvalue weighted by atomic mass is 16.5. The number of hydrogen-bond acceptors (Lipinski definition) is 5. The SMILES string of the molecule is CCOC(=O)/C=C/c1ccc(NC2CCN(C(=O)O)CC2)nc1. The molecule has 7 heteroatoms.